The van der Waals surface area contributed by atoms with Gasteiger partial charge in [0.2, 0.25) is 10.0 Å². The van der Waals surface area contributed by atoms with E-state index in [-0.39, 0.29) is 30.1 Å². The van der Waals surface area contributed by atoms with Crippen LogP contribution in [-0.2, 0) is 19.6 Å². The monoisotopic (exact) mass is 560 g/mol. The molecule has 1 fully saturated rings. The highest BCUT2D eigenvalue weighted by Crippen LogP contribution is 2.33. The van der Waals surface area contributed by atoms with Crippen molar-refractivity contribution in [1.29, 1.82) is 0 Å². The van der Waals surface area contributed by atoms with Gasteiger partial charge >= 0.3 is 12.0 Å². The highest BCUT2D eigenvalue weighted by atomic mass is 35.5. The normalized spacial score (nSPS) is 21.4. The quantitative estimate of drug-likeness (QED) is 0.520. The van der Waals surface area contributed by atoms with Crippen LogP contribution in [0.25, 0.3) is 0 Å². The first-order valence-electron chi connectivity index (χ1n) is 12.5. The molecule has 204 valence electrons. The van der Waals surface area contributed by atoms with Gasteiger partial charge < -0.3 is 10.1 Å². The fourth-order valence-corrected chi connectivity index (χ4v) is 6.75. The number of carbonyl (C=O) groups is 2. The van der Waals surface area contributed by atoms with Gasteiger partial charge in [-0.1, -0.05) is 35.9 Å². The number of halogens is 1. The number of urea groups is 1. The Hall–Kier alpha value is -2.92. The summed E-state index contributed by atoms with van der Waals surface area (Å²) in [5.41, 5.74) is 2.69. The van der Waals surface area contributed by atoms with Gasteiger partial charge in [0, 0.05) is 50.0 Å². The Kier molecular flexibility index (Phi) is 8.46. The van der Waals surface area contributed by atoms with Gasteiger partial charge in [-0.05, 0) is 56.2 Å². The van der Waals surface area contributed by atoms with E-state index in [1.165, 1.54) is 21.3 Å². The number of esters is 1. The molecule has 1 N–H and O–H groups in total. The third kappa shape index (κ3) is 5.58. The van der Waals surface area contributed by atoms with Crippen LogP contribution in [0, 0.1) is 6.92 Å². The average molecular weight is 561 g/mol. The first-order valence-corrected chi connectivity index (χ1v) is 14.4. The van der Waals surface area contributed by atoms with Crippen LogP contribution in [0.2, 0.25) is 5.02 Å². The molecule has 0 spiro atoms. The van der Waals surface area contributed by atoms with Crippen LogP contribution in [0.4, 0.5) is 4.79 Å². The summed E-state index contributed by atoms with van der Waals surface area (Å²) in [4.78, 5) is 30.0. The van der Waals surface area contributed by atoms with Crippen molar-refractivity contribution in [3.05, 3.63) is 76.0 Å². The molecule has 2 heterocycles. The van der Waals surface area contributed by atoms with Gasteiger partial charge in [0.15, 0.2) is 0 Å². The fourth-order valence-electron chi connectivity index (χ4n) is 5.01. The van der Waals surface area contributed by atoms with Crippen molar-refractivity contribution in [2.75, 3.05) is 39.8 Å². The molecule has 2 aliphatic rings. The Morgan fingerprint density at radius 1 is 1.13 bits per heavy atom. The lowest BCUT2D eigenvalue weighted by Gasteiger charge is -2.41. The molecular weight excluding hydrogens is 528 g/mol. The molecule has 4 rings (SSSR count). The highest BCUT2D eigenvalue weighted by Gasteiger charge is 2.39. The van der Waals surface area contributed by atoms with E-state index >= 15 is 0 Å². The largest absolute Gasteiger partial charge is 0.463 e. The molecule has 9 nitrogen and oxygen atoms in total. The fraction of sp³-hybridized carbons (Fsp3) is 0.407. The maximum Gasteiger partial charge on any atom is 0.338 e. The van der Waals surface area contributed by atoms with Crippen LogP contribution in [0.15, 0.2) is 64.7 Å². The Bertz CT molecular complexity index is 1350. The smallest absolute Gasteiger partial charge is 0.338 e. The number of nitrogens with one attached hydrogen (secondary N) is 1. The highest BCUT2D eigenvalue weighted by molar-refractivity contribution is 7.89. The Morgan fingerprint density at radius 3 is 2.45 bits per heavy atom. The van der Waals surface area contributed by atoms with E-state index in [0.717, 1.165) is 11.1 Å². The molecule has 38 heavy (non-hydrogen) atoms. The van der Waals surface area contributed by atoms with Gasteiger partial charge in [-0.25, -0.2) is 18.0 Å². The molecule has 0 aliphatic carbocycles. The van der Waals surface area contributed by atoms with Gasteiger partial charge in [-0.3, -0.25) is 9.80 Å². The molecule has 2 aromatic rings. The number of hydrogen-bond donors (Lipinski definition) is 1. The van der Waals surface area contributed by atoms with Gasteiger partial charge in [-0.15, -0.1) is 0 Å². The van der Waals surface area contributed by atoms with Crippen LogP contribution < -0.4 is 5.32 Å². The molecule has 2 atom stereocenters. The SMILES string of the molecule is CCOC(=O)C1=C(CN2CCN(S(=O)(=O)c3ccc(Cl)cc3)C(C)C2)N(C)C(=O)NC1c1ccccc1C. The van der Waals surface area contributed by atoms with Gasteiger partial charge in [0.1, 0.15) is 0 Å². The summed E-state index contributed by atoms with van der Waals surface area (Å²) < 4.78 is 33.5. The van der Waals surface area contributed by atoms with Crippen LogP contribution in [0.3, 0.4) is 0 Å². The minimum absolute atomic E-state index is 0.194. The van der Waals surface area contributed by atoms with E-state index in [9.17, 15) is 18.0 Å². The third-order valence-electron chi connectivity index (χ3n) is 7.02. The van der Waals surface area contributed by atoms with E-state index in [2.05, 4.69) is 10.2 Å². The molecule has 2 unspecified atom stereocenters. The first kappa shape index (κ1) is 28.1. The van der Waals surface area contributed by atoms with Crippen LogP contribution in [0.5, 0.6) is 0 Å². The lowest BCUT2D eigenvalue weighted by atomic mass is 9.91. The number of piperazine rings is 1. The van der Waals surface area contributed by atoms with E-state index < -0.39 is 22.0 Å². The zero-order chi connectivity index (χ0) is 27.6. The topological polar surface area (TPSA) is 99.3 Å². The Labute approximate surface area is 229 Å². The summed E-state index contributed by atoms with van der Waals surface area (Å²) in [7, 11) is -2.07. The summed E-state index contributed by atoms with van der Waals surface area (Å²) >= 11 is 5.94. The van der Waals surface area contributed by atoms with Crippen LogP contribution in [-0.4, -0.2) is 80.4 Å². The van der Waals surface area contributed by atoms with Crippen molar-refractivity contribution in [3.63, 3.8) is 0 Å². The molecule has 2 aliphatic heterocycles. The van der Waals surface area contributed by atoms with E-state index in [4.69, 9.17) is 16.3 Å². The number of ether oxygens (including phenoxy) is 1. The standard InChI is InChI=1S/C27H33ClN4O5S/c1-5-37-26(33)24-23(30(4)27(34)29-25(24)22-9-7-6-8-18(22)2)17-31-14-15-32(19(3)16-31)38(35,36)21-12-10-20(28)11-13-21/h6-13,19,25H,5,14-17H2,1-4H3,(H,29,34). The molecule has 2 aromatic carbocycles. The first-order chi connectivity index (χ1) is 18.0. The molecule has 0 radical (unpaired) electrons. The predicted octanol–water partition coefficient (Wildman–Crippen LogP) is 3.56. The maximum absolute atomic E-state index is 13.3. The number of sulfonamides is 1. The molecule has 1 saturated heterocycles. The maximum atomic E-state index is 13.3. The molecule has 0 aromatic heterocycles. The van der Waals surface area contributed by atoms with Crippen molar-refractivity contribution in [2.45, 2.75) is 37.8 Å². The van der Waals surface area contributed by atoms with Gasteiger partial charge in [-0.2, -0.15) is 4.31 Å². The third-order valence-corrected chi connectivity index (χ3v) is 9.30. The number of carbonyl (C=O) groups excluding carboxylic acids is 2. The summed E-state index contributed by atoms with van der Waals surface area (Å²) in [5, 5.41) is 3.42. The summed E-state index contributed by atoms with van der Waals surface area (Å²) in [6, 6.07) is 12.4. The predicted molar refractivity (Wildman–Crippen MR) is 145 cm³/mol. The van der Waals surface area contributed by atoms with E-state index in [1.54, 1.807) is 26.1 Å². The molecule has 11 heteroatoms. The number of amides is 2. The second kappa shape index (κ2) is 11.4. The van der Waals surface area contributed by atoms with Crippen molar-refractivity contribution in [1.82, 2.24) is 19.4 Å². The van der Waals surface area contributed by atoms with Gasteiger partial charge in [0.05, 0.1) is 23.1 Å². The van der Waals surface area contributed by atoms with E-state index in [0.29, 0.717) is 35.9 Å². The number of nitrogens with zero attached hydrogens (tertiary/aromatic N) is 3. The lowest BCUT2D eigenvalue weighted by Crippen LogP contribution is -2.56. The van der Waals surface area contributed by atoms with Gasteiger partial charge in [0.25, 0.3) is 0 Å². The number of hydrogen-bond acceptors (Lipinski definition) is 6. The number of rotatable bonds is 7. The second-order valence-corrected chi connectivity index (χ2v) is 11.9. The molecular formula is C27H33ClN4O5S. The molecule has 2 amide bonds. The summed E-state index contributed by atoms with van der Waals surface area (Å²) in [6.45, 7) is 7.15. The average Bonchev–Trinajstić information content (AvgIpc) is 2.87. The van der Waals surface area contributed by atoms with Crippen LogP contribution >= 0.6 is 11.6 Å². The Morgan fingerprint density at radius 2 is 1.82 bits per heavy atom. The zero-order valence-electron chi connectivity index (χ0n) is 22.0. The van der Waals surface area contributed by atoms with Crippen LogP contribution in [0.1, 0.15) is 31.0 Å². The van der Waals surface area contributed by atoms with Crippen molar-refractivity contribution in [3.8, 4) is 0 Å². The second-order valence-electron chi connectivity index (χ2n) is 9.53. The van der Waals surface area contributed by atoms with Crippen molar-refractivity contribution < 1.29 is 22.7 Å². The number of benzene rings is 2. The summed E-state index contributed by atoms with van der Waals surface area (Å²) in [6.07, 6.45) is 0. The van der Waals surface area contributed by atoms with E-state index in [1.807, 2.05) is 38.1 Å². The number of aryl methyl sites for hydroxylation is 1. The van der Waals surface area contributed by atoms with Crippen molar-refractivity contribution >= 4 is 33.6 Å². The zero-order valence-corrected chi connectivity index (χ0v) is 23.6. The Balaban J connectivity index is 1.63. The molecule has 0 bridgehead atoms. The molecule has 0 saturated carbocycles. The minimum Gasteiger partial charge on any atom is -0.463 e. The number of likely N-dealkylation sites (N-methyl/N-ethyl adjacent to an activating group) is 1. The minimum atomic E-state index is -3.70. The summed E-state index contributed by atoms with van der Waals surface area (Å²) in [5.74, 6) is -0.486. The van der Waals surface area contributed by atoms with Crippen molar-refractivity contribution in [2.24, 2.45) is 0 Å². The lowest BCUT2D eigenvalue weighted by molar-refractivity contribution is -0.139.